The standard InChI is InChI=1S/C19H18F3N5O/c1-27(2)17-15-8-11(6-7-14(15)16(10-23)25-26-17)18(28)24-13-5-3-4-12(9-13)19(20,21)22/h3-9H,10,23H2,1-2H3,(H,24,28). The number of fused-ring (bicyclic) bond motifs is 1. The Morgan fingerprint density at radius 2 is 1.86 bits per heavy atom. The molecule has 0 fully saturated rings. The molecule has 1 amide bonds. The number of nitrogens with zero attached hydrogens (tertiary/aromatic N) is 3. The van der Waals surface area contributed by atoms with E-state index in [0.29, 0.717) is 16.9 Å². The number of hydrogen-bond donors (Lipinski definition) is 2. The van der Waals surface area contributed by atoms with Crippen LogP contribution in [0.3, 0.4) is 0 Å². The maximum Gasteiger partial charge on any atom is 0.416 e. The number of carbonyl (C=O) groups excluding carboxylic acids is 1. The van der Waals surface area contributed by atoms with Crippen LogP contribution in [0.1, 0.15) is 21.6 Å². The zero-order valence-electron chi connectivity index (χ0n) is 15.2. The molecule has 28 heavy (non-hydrogen) atoms. The highest BCUT2D eigenvalue weighted by molar-refractivity contribution is 6.07. The van der Waals surface area contributed by atoms with E-state index < -0.39 is 17.6 Å². The van der Waals surface area contributed by atoms with Gasteiger partial charge in [-0.15, -0.1) is 5.10 Å². The summed E-state index contributed by atoms with van der Waals surface area (Å²) >= 11 is 0. The lowest BCUT2D eigenvalue weighted by molar-refractivity contribution is -0.137. The number of carbonyl (C=O) groups is 1. The monoisotopic (exact) mass is 389 g/mol. The van der Waals surface area contributed by atoms with Gasteiger partial charge in [0.2, 0.25) is 0 Å². The first kappa shape index (κ1) is 19.6. The Morgan fingerprint density at radius 1 is 1.11 bits per heavy atom. The fraction of sp³-hybridized carbons (Fsp3) is 0.211. The number of benzene rings is 2. The third-order valence-corrected chi connectivity index (χ3v) is 4.16. The van der Waals surface area contributed by atoms with E-state index in [0.717, 1.165) is 17.5 Å². The van der Waals surface area contributed by atoms with Gasteiger partial charge in [0.25, 0.3) is 5.91 Å². The second-order valence-corrected chi connectivity index (χ2v) is 6.36. The lowest BCUT2D eigenvalue weighted by Crippen LogP contribution is -2.16. The normalized spacial score (nSPS) is 11.5. The molecule has 3 aromatic rings. The second kappa shape index (κ2) is 7.43. The maximum atomic E-state index is 12.9. The van der Waals surface area contributed by atoms with E-state index in [1.165, 1.54) is 12.1 Å². The predicted octanol–water partition coefficient (Wildman–Crippen LogP) is 3.43. The molecule has 1 aromatic heterocycles. The molecule has 0 bridgehead atoms. The van der Waals surface area contributed by atoms with Gasteiger partial charge in [-0.1, -0.05) is 12.1 Å². The molecule has 0 aliphatic carbocycles. The summed E-state index contributed by atoms with van der Waals surface area (Å²) in [5.74, 6) is 0.0259. The highest BCUT2D eigenvalue weighted by atomic mass is 19.4. The predicted molar refractivity (Wildman–Crippen MR) is 101 cm³/mol. The number of anilines is 2. The maximum absolute atomic E-state index is 12.9. The van der Waals surface area contributed by atoms with Gasteiger partial charge in [0.15, 0.2) is 5.82 Å². The quantitative estimate of drug-likeness (QED) is 0.714. The second-order valence-electron chi connectivity index (χ2n) is 6.36. The zero-order chi connectivity index (χ0) is 20.5. The number of nitrogens with two attached hydrogens (primary N) is 1. The lowest BCUT2D eigenvalue weighted by Gasteiger charge is -2.15. The van der Waals surface area contributed by atoms with Crippen LogP contribution in [0, 0.1) is 0 Å². The average molecular weight is 389 g/mol. The van der Waals surface area contributed by atoms with E-state index in [9.17, 15) is 18.0 Å². The van der Waals surface area contributed by atoms with Gasteiger partial charge < -0.3 is 16.0 Å². The molecule has 3 rings (SSSR count). The smallest absolute Gasteiger partial charge is 0.361 e. The number of amides is 1. The van der Waals surface area contributed by atoms with Gasteiger partial charge in [-0.2, -0.15) is 18.3 Å². The molecule has 0 saturated heterocycles. The van der Waals surface area contributed by atoms with Crippen LogP contribution in [0.15, 0.2) is 42.5 Å². The van der Waals surface area contributed by atoms with Crippen molar-refractivity contribution in [1.82, 2.24) is 10.2 Å². The largest absolute Gasteiger partial charge is 0.416 e. The summed E-state index contributed by atoms with van der Waals surface area (Å²) in [5, 5.41) is 12.2. The molecular weight excluding hydrogens is 371 g/mol. The van der Waals surface area contributed by atoms with E-state index >= 15 is 0 Å². The van der Waals surface area contributed by atoms with Crippen LogP contribution in [0.5, 0.6) is 0 Å². The Morgan fingerprint density at radius 3 is 2.50 bits per heavy atom. The zero-order valence-corrected chi connectivity index (χ0v) is 15.2. The summed E-state index contributed by atoms with van der Waals surface area (Å²) in [5.41, 5.74) is 5.80. The van der Waals surface area contributed by atoms with Crippen LogP contribution in [-0.4, -0.2) is 30.2 Å². The molecule has 9 heteroatoms. The Labute approximate surface area is 159 Å². The lowest BCUT2D eigenvalue weighted by atomic mass is 10.1. The first-order valence-corrected chi connectivity index (χ1v) is 8.36. The Kier molecular flexibility index (Phi) is 5.19. The van der Waals surface area contributed by atoms with Crippen LogP contribution in [0.4, 0.5) is 24.7 Å². The summed E-state index contributed by atoms with van der Waals surface area (Å²) in [4.78, 5) is 14.3. The molecule has 0 atom stereocenters. The van der Waals surface area contributed by atoms with Crippen molar-refractivity contribution < 1.29 is 18.0 Å². The van der Waals surface area contributed by atoms with Gasteiger partial charge >= 0.3 is 6.18 Å². The SMILES string of the molecule is CN(C)c1nnc(CN)c2ccc(C(=O)Nc3cccc(C(F)(F)F)c3)cc12. The van der Waals surface area contributed by atoms with E-state index in [1.807, 2.05) is 0 Å². The third-order valence-electron chi connectivity index (χ3n) is 4.16. The summed E-state index contributed by atoms with van der Waals surface area (Å²) in [6.45, 7) is 0.187. The van der Waals surface area contributed by atoms with Gasteiger partial charge in [-0.3, -0.25) is 4.79 Å². The van der Waals surface area contributed by atoms with Crippen molar-refractivity contribution >= 4 is 28.2 Å². The summed E-state index contributed by atoms with van der Waals surface area (Å²) in [7, 11) is 3.59. The van der Waals surface area contributed by atoms with Crippen molar-refractivity contribution in [2.45, 2.75) is 12.7 Å². The molecule has 0 spiro atoms. The Bertz CT molecular complexity index is 1030. The molecule has 146 valence electrons. The van der Waals surface area contributed by atoms with Gasteiger partial charge in [-0.25, -0.2) is 0 Å². The molecule has 0 unspecified atom stereocenters. The van der Waals surface area contributed by atoms with Crippen molar-refractivity contribution in [1.29, 1.82) is 0 Å². The van der Waals surface area contributed by atoms with Gasteiger partial charge in [0, 0.05) is 42.7 Å². The minimum atomic E-state index is -4.48. The summed E-state index contributed by atoms with van der Waals surface area (Å²) in [6, 6.07) is 9.39. The van der Waals surface area contributed by atoms with Gasteiger partial charge in [0.1, 0.15) is 0 Å². The molecular formula is C19H18F3N5O. The summed E-state index contributed by atoms with van der Waals surface area (Å²) in [6.07, 6.45) is -4.48. The van der Waals surface area contributed by atoms with E-state index in [1.54, 1.807) is 37.2 Å². The molecule has 0 saturated carbocycles. The van der Waals surface area contributed by atoms with Crippen LogP contribution < -0.4 is 16.0 Å². The van der Waals surface area contributed by atoms with Crippen molar-refractivity contribution in [2.75, 3.05) is 24.3 Å². The van der Waals surface area contributed by atoms with Crippen LogP contribution in [-0.2, 0) is 12.7 Å². The number of aromatic nitrogens is 2. The Balaban J connectivity index is 1.97. The molecule has 0 aliphatic rings. The van der Waals surface area contributed by atoms with Crippen molar-refractivity contribution in [3.8, 4) is 0 Å². The van der Waals surface area contributed by atoms with E-state index in [4.69, 9.17) is 5.73 Å². The molecule has 0 aliphatic heterocycles. The summed E-state index contributed by atoms with van der Waals surface area (Å²) < 4.78 is 38.6. The first-order chi connectivity index (χ1) is 13.2. The number of halogens is 3. The van der Waals surface area contributed by atoms with Crippen LogP contribution in [0.25, 0.3) is 10.8 Å². The number of hydrogen-bond acceptors (Lipinski definition) is 5. The fourth-order valence-electron chi connectivity index (χ4n) is 2.80. The minimum Gasteiger partial charge on any atom is -0.361 e. The Hall–Kier alpha value is -3.20. The van der Waals surface area contributed by atoms with Crippen molar-refractivity contribution in [2.24, 2.45) is 5.73 Å². The van der Waals surface area contributed by atoms with E-state index in [2.05, 4.69) is 15.5 Å². The van der Waals surface area contributed by atoms with Crippen LogP contribution in [0.2, 0.25) is 0 Å². The molecule has 1 heterocycles. The van der Waals surface area contributed by atoms with Gasteiger partial charge in [-0.05, 0) is 30.3 Å². The number of nitrogens with one attached hydrogen (secondary N) is 1. The fourth-order valence-corrected chi connectivity index (χ4v) is 2.80. The van der Waals surface area contributed by atoms with Gasteiger partial charge in [0.05, 0.1) is 11.3 Å². The molecule has 3 N–H and O–H groups in total. The molecule has 0 radical (unpaired) electrons. The number of alkyl halides is 3. The molecule has 6 nitrogen and oxygen atoms in total. The molecule has 2 aromatic carbocycles. The highest BCUT2D eigenvalue weighted by Crippen LogP contribution is 2.31. The minimum absolute atomic E-state index is 0.0586. The van der Waals surface area contributed by atoms with E-state index in [-0.39, 0.29) is 17.8 Å². The third kappa shape index (κ3) is 3.89. The van der Waals surface area contributed by atoms with Crippen LogP contribution >= 0.6 is 0 Å². The van der Waals surface area contributed by atoms with Crippen molar-refractivity contribution in [3.63, 3.8) is 0 Å². The topological polar surface area (TPSA) is 84.1 Å². The first-order valence-electron chi connectivity index (χ1n) is 8.36. The average Bonchev–Trinajstić information content (AvgIpc) is 2.66. The van der Waals surface area contributed by atoms with Crippen molar-refractivity contribution in [3.05, 3.63) is 59.3 Å². The highest BCUT2D eigenvalue weighted by Gasteiger charge is 2.30. The number of rotatable bonds is 4.